The first-order chi connectivity index (χ1) is 9.58. The Kier molecular flexibility index (Phi) is 4.88. The van der Waals surface area contributed by atoms with Gasteiger partial charge in [0.1, 0.15) is 5.82 Å². The summed E-state index contributed by atoms with van der Waals surface area (Å²) in [5.41, 5.74) is 7.22. The van der Waals surface area contributed by atoms with Gasteiger partial charge in [-0.05, 0) is 30.2 Å². The Balaban J connectivity index is 2.00. The summed E-state index contributed by atoms with van der Waals surface area (Å²) in [6.07, 6.45) is 0.731. The van der Waals surface area contributed by atoms with Crippen LogP contribution in [-0.4, -0.2) is 5.78 Å². The molecule has 2 nitrogen and oxygen atoms in total. The number of carbonyl (C=O) groups excluding carboxylic acids is 1. The molecule has 2 aromatic rings. The first-order valence-electron chi connectivity index (χ1n) is 6.36. The van der Waals surface area contributed by atoms with Crippen LogP contribution in [0, 0.1) is 5.82 Å². The number of Topliss-reactive ketones (excluding diaryl/α,β-unsaturated/α-hetero) is 1. The molecular formula is C16H15ClFNO. The van der Waals surface area contributed by atoms with Crippen LogP contribution in [0.1, 0.15) is 34.8 Å². The maximum Gasteiger partial charge on any atom is 0.164 e. The minimum Gasteiger partial charge on any atom is -0.324 e. The van der Waals surface area contributed by atoms with Gasteiger partial charge in [-0.1, -0.05) is 41.9 Å². The van der Waals surface area contributed by atoms with Gasteiger partial charge < -0.3 is 5.73 Å². The summed E-state index contributed by atoms with van der Waals surface area (Å²) in [6, 6.07) is 13.1. The zero-order valence-corrected chi connectivity index (χ0v) is 11.6. The second-order valence-corrected chi connectivity index (χ2v) is 5.01. The van der Waals surface area contributed by atoms with Crippen molar-refractivity contribution in [3.8, 4) is 0 Å². The van der Waals surface area contributed by atoms with Crippen molar-refractivity contribution >= 4 is 17.4 Å². The van der Waals surface area contributed by atoms with E-state index in [4.69, 9.17) is 17.3 Å². The summed E-state index contributed by atoms with van der Waals surface area (Å²) >= 11 is 5.90. The Bertz CT molecular complexity index is 601. The van der Waals surface area contributed by atoms with E-state index in [1.165, 1.54) is 18.2 Å². The second kappa shape index (κ2) is 6.64. The Morgan fingerprint density at radius 3 is 2.60 bits per heavy atom. The normalized spacial score (nSPS) is 12.2. The molecule has 1 unspecified atom stereocenters. The lowest BCUT2D eigenvalue weighted by Gasteiger charge is -2.11. The molecule has 0 aliphatic carbocycles. The summed E-state index contributed by atoms with van der Waals surface area (Å²) in [4.78, 5) is 12.0. The molecule has 104 valence electrons. The number of halogens is 2. The minimum absolute atomic E-state index is 0.194. The van der Waals surface area contributed by atoms with Crippen LogP contribution < -0.4 is 5.73 Å². The van der Waals surface area contributed by atoms with Gasteiger partial charge in [0.25, 0.3) is 0 Å². The molecule has 4 heteroatoms. The third kappa shape index (κ3) is 3.65. The van der Waals surface area contributed by atoms with Crippen molar-refractivity contribution < 1.29 is 9.18 Å². The molecule has 0 spiro atoms. The Morgan fingerprint density at radius 2 is 1.90 bits per heavy atom. The lowest BCUT2D eigenvalue weighted by molar-refractivity contribution is 0.0977. The summed E-state index contributed by atoms with van der Waals surface area (Å²) in [5.74, 6) is -0.661. The van der Waals surface area contributed by atoms with Crippen LogP contribution in [-0.2, 0) is 0 Å². The molecule has 2 N–H and O–H groups in total. The zero-order chi connectivity index (χ0) is 14.5. The maximum atomic E-state index is 13.1. The van der Waals surface area contributed by atoms with Gasteiger partial charge in [0.2, 0.25) is 0 Å². The minimum atomic E-state index is -0.467. The van der Waals surface area contributed by atoms with Gasteiger partial charge in [0.05, 0.1) is 5.02 Å². The molecule has 0 saturated heterocycles. The monoisotopic (exact) mass is 291 g/mol. The van der Waals surface area contributed by atoms with Gasteiger partial charge >= 0.3 is 0 Å². The van der Waals surface area contributed by atoms with Gasteiger partial charge in [-0.25, -0.2) is 4.39 Å². The van der Waals surface area contributed by atoms with Crippen molar-refractivity contribution in [2.45, 2.75) is 18.9 Å². The van der Waals surface area contributed by atoms with Gasteiger partial charge in [-0.3, -0.25) is 4.79 Å². The molecule has 0 amide bonds. The number of hydrogen-bond acceptors (Lipinski definition) is 2. The topological polar surface area (TPSA) is 43.1 Å². The van der Waals surface area contributed by atoms with Crippen molar-refractivity contribution in [1.29, 1.82) is 0 Å². The van der Waals surface area contributed by atoms with Crippen LogP contribution in [0.25, 0.3) is 0 Å². The van der Waals surface area contributed by atoms with Gasteiger partial charge in [0.15, 0.2) is 5.78 Å². The van der Waals surface area contributed by atoms with Crippen LogP contribution in [0.5, 0.6) is 0 Å². The number of rotatable bonds is 5. The lowest BCUT2D eigenvalue weighted by atomic mass is 9.99. The fourth-order valence-corrected chi connectivity index (χ4v) is 2.22. The number of ketones is 1. The molecule has 0 fully saturated rings. The molecule has 1 atom stereocenters. The summed E-state index contributed by atoms with van der Waals surface area (Å²) in [6.45, 7) is 0. The summed E-state index contributed by atoms with van der Waals surface area (Å²) < 4.78 is 13.1. The molecule has 0 aliphatic rings. The lowest BCUT2D eigenvalue weighted by Crippen LogP contribution is -2.12. The van der Waals surface area contributed by atoms with Crippen molar-refractivity contribution in [2.24, 2.45) is 5.73 Å². The molecule has 0 saturated carbocycles. The number of carbonyl (C=O) groups is 1. The zero-order valence-electron chi connectivity index (χ0n) is 10.9. The Morgan fingerprint density at radius 1 is 1.20 bits per heavy atom. The van der Waals surface area contributed by atoms with Crippen LogP contribution in [0.3, 0.4) is 0 Å². The summed E-state index contributed by atoms with van der Waals surface area (Å²) in [5, 5.41) is 0.268. The van der Waals surface area contributed by atoms with Crippen LogP contribution in [0.15, 0.2) is 48.5 Å². The average molecular weight is 292 g/mol. The van der Waals surface area contributed by atoms with Crippen molar-refractivity contribution in [2.75, 3.05) is 0 Å². The largest absolute Gasteiger partial charge is 0.324 e. The van der Waals surface area contributed by atoms with Crippen LogP contribution in [0.2, 0.25) is 5.02 Å². The third-order valence-electron chi connectivity index (χ3n) is 3.14. The highest BCUT2D eigenvalue weighted by atomic mass is 35.5. The molecular weight excluding hydrogens is 277 g/mol. The molecule has 0 aromatic heterocycles. The molecule has 2 aromatic carbocycles. The number of hydrogen-bond donors (Lipinski definition) is 1. The van der Waals surface area contributed by atoms with Crippen LogP contribution >= 0.6 is 11.6 Å². The van der Waals surface area contributed by atoms with Crippen molar-refractivity contribution in [3.05, 3.63) is 70.5 Å². The Labute approximate surface area is 122 Å². The van der Waals surface area contributed by atoms with Crippen molar-refractivity contribution in [3.63, 3.8) is 0 Å². The molecule has 0 aliphatic heterocycles. The van der Waals surface area contributed by atoms with Gasteiger partial charge in [-0.2, -0.15) is 0 Å². The van der Waals surface area contributed by atoms with Gasteiger partial charge in [-0.15, -0.1) is 0 Å². The number of nitrogens with two attached hydrogens (primary N) is 1. The fraction of sp³-hybridized carbons (Fsp3) is 0.188. The van der Waals surface area contributed by atoms with E-state index in [2.05, 4.69) is 0 Å². The third-order valence-corrected chi connectivity index (χ3v) is 3.47. The van der Waals surface area contributed by atoms with E-state index < -0.39 is 5.82 Å². The highest BCUT2D eigenvalue weighted by molar-refractivity contribution is 6.33. The molecule has 0 bridgehead atoms. The predicted molar refractivity (Wildman–Crippen MR) is 78.3 cm³/mol. The van der Waals surface area contributed by atoms with Crippen LogP contribution in [0.4, 0.5) is 4.39 Å². The van der Waals surface area contributed by atoms with E-state index in [0.717, 1.165) is 5.56 Å². The van der Waals surface area contributed by atoms with Crippen molar-refractivity contribution in [1.82, 2.24) is 0 Å². The van der Waals surface area contributed by atoms with E-state index in [-0.39, 0.29) is 28.8 Å². The van der Waals surface area contributed by atoms with E-state index in [9.17, 15) is 9.18 Å². The quantitative estimate of drug-likeness (QED) is 0.841. The first-order valence-corrected chi connectivity index (χ1v) is 6.74. The van der Waals surface area contributed by atoms with E-state index in [0.29, 0.717) is 6.42 Å². The average Bonchev–Trinajstić information content (AvgIpc) is 2.47. The fourth-order valence-electron chi connectivity index (χ4n) is 2.00. The van der Waals surface area contributed by atoms with E-state index >= 15 is 0 Å². The molecule has 0 heterocycles. The highest BCUT2D eigenvalue weighted by Gasteiger charge is 2.14. The molecule has 0 radical (unpaired) electrons. The van der Waals surface area contributed by atoms with Gasteiger partial charge in [0, 0.05) is 18.0 Å². The second-order valence-electron chi connectivity index (χ2n) is 4.60. The van der Waals surface area contributed by atoms with E-state index in [1.54, 1.807) is 0 Å². The highest BCUT2D eigenvalue weighted by Crippen LogP contribution is 2.22. The molecule has 2 rings (SSSR count). The predicted octanol–water partition coefficient (Wildman–Crippen LogP) is 4.14. The standard InChI is InChI=1S/C16H15ClFNO/c17-14-7-6-12(18)10-13(14)16(20)9-8-15(19)11-4-2-1-3-5-11/h1-7,10,15H,8-9,19H2. The maximum absolute atomic E-state index is 13.1. The first kappa shape index (κ1) is 14.7. The number of benzene rings is 2. The van der Waals surface area contributed by atoms with E-state index in [1.807, 2.05) is 30.3 Å². The summed E-state index contributed by atoms with van der Waals surface area (Å²) in [7, 11) is 0. The smallest absolute Gasteiger partial charge is 0.164 e. The SMILES string of the molecule is NC(CCC(=O)c1cc(F)ccc1Cl)c1ccccc1. The Hall–Kier alpha value is -1.71. The molecule has 20 heavy (non-hydrogen) atoms.